The van der Waals surface area contributed by atoms with E-state index in [9.17, 15) is 23.1 Å². The molecule has 120 valence electrons. The van der Waals surface area contributed by atoms with Gasteiger partial charge in [-0.05, 0) is 42.5 Å². The van der Waals surface area contributed by atoms with E-state index < -0.39 is 17.6 Å². The molecule has 4 nitrogen and oxygen atoms in total. The molecule has 0 aromatic heterocycles. The van der Waals surface area contributed by atoms with Crippen LogP contribution in [0.25, 0.3) is 0 Å². The molecule has 0 radical (unpaired) electrons. The van der Waals surface area contributed by atoms with Gasteiger partial charge in [0.25, 0.3) is 5.91 Å². The van der Waals surface area contributed by atoms with E-state index in [1.807, 2.05) is 0 Å². The quantitative estimate of drug-likeness (QED) is 0.658. The second kappa shape index (κ2) is 6.70. The molecule has 0 bridgehead atoms. The molecule has 0 spiro atoms. The van der Waals surface area contributed by atoms with Crippen molar-refractivity contribution in [1.29, 1.82) is 0 Å². The SMILES string of the molecule is O=C(NN=Cc1cc(Cl)ccc1O)c1ccc(C(F)(F)F)cc1. The molecule has 0 saturated heterocycles. The normalized spacial score (nSPS) is 11.7. The molecule has 2 aromatic carbocycles. The number of nitrogens with zero attached hydrogens (tertiary/aromatic N) is 1. The summed E-state index contributed by atoms with van der Waals surface area (Å²) in [5.74, 6) is -0.765. The van der Waals surface area contributed by atoms with Gasteiger partial charge in [0.2, 0.25) is 0 Å². The van der Waals surface area contributed by atoms with Crippen LogP contribution in [0.5, 0.6) is 5.75 Å². The summed E-state index contributed by atoms with van der Waals surface area (Å²) in [5, 5.41) is 13.6. The Balaban J connectivity index is 2.05. The molecule has 0 atom stereocenters. The molecule has 0 fully saturated rings. The molecule has 8 heteroatoms. The molecule has 0 saturated carbocycles. The first-order chi connectivity index (χ1) is 10.8. The average molecular weight is 343 g/mol. The maximum Gasteiger partial charge on any atom is 0.416 e. The van der Waals surface area contributed by atoms with Crippen molar-refractivity contribution in [3.05, 3.63) is 64.2 Å². The fourth-order valence-electron chi connectivity index (χ4n) is 1.66. The van der Waals surface area contributed by atoms with Crippen LogP contribution < -0.4 is 5.43 Å². The van der Waals surface area contributed by atoms with E-state index in [-0.39, 0.29) is 16.9 Å². The second-order valence-corrected chi connectivity index (χ2v) is 4.91. The first-order valence-electron chi connectivity index (χ1n) is 6.26. The maximum atomic E-state index is 12.4. The predicted octanol–water partition coefficient (Wildman–Crippen LogP) is 3.83. The number of halogens is 4. The van der Waals surface area contributed by atoms with Gasteiger partial charge >= 0.3 is 6.18 Å². The van der Waals surface area contributed by atoms with Crippen molar-refractivity contribution in [3.8, 4) is 5.75 Å². The van der Waals surface area contributed by atoms with Crippen LogP contribution in [0, 0.1) is 0 Å². The van der Waals surface area contributed by atoms with Crippen LogP contribution in [-0.4, -0.2) is 17.2 Å². The van der Waals surface area contributed by atoms with Crippen LogP contribution in [0.2, 0.25) is 5.02 Å². The van der Waals surface area contributed by atoms with Gasteiger partial charge < -0.3 is 5.11 Å². The van der Waals surface area contributed by atoms with Crippen molar-refractivity contribution in [1.82, 2.24) is 5.43 Å². The van der Waals surface area contributed by atoms with Crippen molar-refractivity contribution in [2.45, 2.75) is 6.18 Å². The summed E-state index contributed by atoms with van der Waals surface area (Å²) in [5.41, 5.74) is 1.60. The summed E-state index contributed by atoms with van der Waals surface area (Å²) in [6.07, 6.45) is -3.29. The largest absolute Gasteiger partial charge is 0.507 e. The van der Waals surface area contributed by atoms with Gasteiger partial charge in [-0.2, -0.15) is 18.3 Å². The fraction of sp³-hybridized carbons (Fsp3) is 0.0667. The van der Waals surface area contributed by atoms with Crippen LogP contribution in [-0.2, 0) is 6.18 Å². The van der Waals surface area contributed by atoms with Crippen LogP contribution in [0.1, 0.15) is 21.5 Å². The van der Waals surface area contributed by atoms with E-state index in [0.717, 1.165) is 24.3 Å². The molecule has 0 aliphatic rings. The third kappa shape index (κ3) is 4.46. The maximum absolute atomic E-state index is 12.4. The lowest BCUT2D eigenvalue weighted by Gasteiger charge is -2.06. The summed E-state index contributed by atoms with van der Waals surface area (Å²) in [6.45, 7) is 0. The van der Waals surface area contributed by atoms with Gasteiger partial charge in [-0.1, -0.05) is 11.6 Å². The van der Waals surface area contributed by atoms with Crippen molar-refractivity contribution in [3.63, 3.8) is 0 Å². The van der Waals surface area contributed by atoms with Crippen LogP contribution in [0.15, 0.2) is 47.6 Å². The number of nitrogens with one attached hydrogen (secondary N) is 1. The fourth-order valence-corrected chi connectivity index (χ4v) is 1.84. The molecule has 1 amide bonds. The van der Waals surface area contributed by atoms with E-state index in [0.29, 0.717) is 5.02 Å². The van der Waals surface area contributed by atoms with Gasteiger partial charge in [-0.25, -0.2) is 5.43 Å². The Bertz CT molecular complexity index is 743. The van der Waals surface area contributed by atoms with E-state index in [4.69, 9.17) is 11.6 Å². The second-order valence-electron chi connectivity index (χ2n) is 4.48. The van der Waals surface area contributed by atoms with Gasteiger partial charge in [0.1, 0.15) is 5.75 Å². The Labute approximate surface area is 134 Å². The average Bonchev–Trinajstić information content (AvgIpc) is 2.50. The molecule has 23 heavy (non-hydrogen) atoms. The van der Waals surface area contributed by atoms with Crippen molar-refractivity contribution < 1.29 is 23.1 Å². The number of carbonyl (C=O) groups excluding carboxylic acids is 1. The lowest BCUT2D eigenvalue weighted by Crippen LogP contribution is -2.18. The van der Waals surface area contributed by atoms with Crippen LogP contribution in [0.3, 0.4) is 0 Å². The number of phenolic OH excluding ortho intramolecular Hbond substituents is 1. The van der Waals surface area contributed by atoms with E-state index in [2.05, 4.69) is 10.5 Å². The molecular weight excluding hydrogens is 333 g/mol. The lowest BCUT2D eigenvalue weighted by atomic mass is 10.1. The van der Waals surface area contributed by atoms with Gasteiger partial charge in [-0.3, -0.25) is 4.79 Å². The molecule has 2 rings (SSSR count). The Morgan fingerprint density at radius 2 is 1.83 bits per heavy atom. The number of aromatic hydroxyl groups is 1. The van der Waals surface area contributed by atoms with Crippen molar-refractivity contribution in [2.24, 2.45) is 5.10 Å². The number of phenols is 1. The standard InChI is InChI=1S/C15H10ClF3N2O2/c16-12-5-6-13(22)10(7-12)8-20-21-14(23)9-1-3-11(4-2-9)15(17,18)19/h1-8,22H,(H,21,23). The highest BCUT2D eigenvalue weighted by Crippen LogP contribution is 2.29. The van der Waals surface area contributed by atoms with Crippen molar-refractivity contribution in [2.75, 3.05) is 0 Å². The minimum absolute atomic E-state index is 0.0190. The number of rotatable bonds is 3. The highest BCUT2D eigenvalue weighted by Gasteiger charge is 2.30. The number of amides is 1. The number of hydrogen-bond acceptors (Lipinski definition) is 3. The zero-order valence-corrected chi connectivity index (χ0v) is 12.2. The van der Waals surface area contributed by atoms with Crippen LogP contribution >= 0.6 is 11.6 Å². The Morgan fingerprint density at radius 3 is 2.43 bits per heavy atom. The van der Waals surface area contributed by atoms with Gasteiger partial charge in [-0.15, -0.1) is 0 Å². The van der Waals surface area contributed by atoms with Crippen molar-refractivity contribution >= 4 is 23.7 Å². The topological polar surface area (TPSA) is 61.7 Å². The van der Waals surface area contributed by atoms with Gasteiger partial charge in [0.15, 0.2) is 0 Å². The predicted molar refractivity (Wildman–Crippen MR) is 79.6 cm³/mol. The van der Waals surface area contributed by atoms with E-state index in [1.165, 1.54) is 24.4 Å². The van der Waals surface area contributed by atoms with Crippen LogP contribution in [0.4, 0.5) is 13.2 Å². The summed E-state index contributed by atoms with van der Waals surface area (Å²) in [7, 11) is 0. The molecule has 2 aromatic rings. The summed E-state index contributed by atoms with van der Waals surface area (Å²) < 4.78 is 37.3. The van der Waals surface area contributed by atoms with E-state index in [1.54, 1.807) is 0 Å². The lowest BCUT2D eigenvalue weighted by molar-refractivity contribution is -0.137. The molecule has 0 aliphatic carbocycles. The minimum atomic E-state index is -4.46. The first kappa shape index (κ1) is 16.8. The summed E-state index contributed by atoms with van der Waals surface area (Å²) >= 11 is 5.75. The number of carbonyl (C=O) groups is 1. The number of alkyl halides is 3. The Kier molecular flexibility index (Phi) is 4.90. The highest BCUT2D eigenvalue weighted by atomic mass is 35.5. The molecule has 0 unspecified atom stereocenters. The third-order valence-electron chi connectivity index (χ3n) is 2.83. The zero-order chi connectivity index (χ0) is 17.0. The monoisotopic (exact) mass is 342 g/mol. The molecule has 2 N–H and O–H groups in total. The number of hydrazone groups is 1. The highest BCUT2D eigenvalue weighted by molar-refractivity contribution is 6.30. The third-order valence-corrected chi connectivity index (χ3v) is 3.07. The van der Waals surface area contributed by atoms with Gasteiger partial charge in [0, 0.05) is 16.1 Å². The number of benzene rings is 2. The smallest absolute Gasteiger partial charge is 0.416 e. The van der Waals surface area contributed by atoms with Gasteiger partial charge in [0.05, 0.1) is 11.8 Å². The Hall–Kier alpha value is -2.54. The minimum Gasteiger partial charge on any atom is -0.507 e. The summed E-state index contributed by atoms with van der Waals surface area (Å²) in [6, 6.07) is 7.99. The molecule has 0 aliphatic heterocycles. The number of hydrogen-bond donors (Lipinski definition) is 2. The van der Waals surface area contributed by atoms with E-state index >= 15 is 0 Å². The molecule has 0 heterocycles. The Morgan fingerprint density at radius 1 is 1.17 bits per heavy atom. The molecular formula is C15H10ClF3N2O2. The first-order valence-corrected chi connectivity index (χ1v) is 6.64. The summed E-state index contributed by atoms with van der Waals surface area (Å²) in [4.78, 5) is 11.8. The zero-order valence-electron chi connectivity index (χ0n) is 11.4.